The first-order chi connectivity index (χ1) is 6.27. The molecule has 1 atom stereocenters. The summed E-state index contributed by atoms with van der Waals surface area (Å²) in [4.78, 5) is 13.2. The monoisotopic (exact) mass is 182 g/mol. The summed E-state index contributed by atoms with van der Waals surface area (Å²) in [6, 6.07) is 0. The van der Waals surface area contributed by atoms with E-state index >= 15 is 0 Å². The number of amides is 1. The van der Waals surface area contributed by atoms with Crippen molar-refractivity contribution in [1.82, 2.24) is 10.1 Å². The number of hydrogen-bond acceptors (Lipinski definition) is 4. The fourth-order valence-corrected chi connectivity index (χ4v) is 1.42. The number of carbonyl (C=O) groups excluding carboxylic acids is 1. The van der Waals surface area contributed by atoms with Gasteiger partial charge in [-0.1, -0.05) is 5.16 Å². The molecule has 5 heteroatoms. The molecule has 1 aliphatic rings. The Labute approximate surface area is 74.9 Å². The molecule has 1 fully saturated rings. The SMILES string of the molecule is O=C(c1cnoc1)N1CC[C@H](O)C1. The molecule has 2 heterocycles. The molecule has 1 amide bonds. The van der Waals surface area contributed by atoms with Gasteiger partial charge in [-0.2, -0.15) is 0 Å². The van der Waals surface area contributed by atoms with E-state index in [1.54, 1.807) is 4.90 Å². The van der Waals surface area contributed by atoms with Crippen LogP contribution in [-0.4, -0.2) is 40.3 Å². The predicted octanol–water partition coefficient (Wildman–Crippen LogP) is -0.119. The van der Waals surface area contributed by atoms with Gasteiger partial charge in [0.05, 0.1) is 17.9 Å². The van der Waals surface area contributed by atoms with E-state index in [0.717, 1.165) is 0 Å². The second-order valence-corrected chi connectivity index (χ2v) is 3.11. The van der Waals surface area contributed by atoms with Crippen LogP contribution < -0.4 is 0 Å². The number of aliphatic hydroxyl groups excluding tert-OH is 1. The van der Waals surface area contributed by atoms with Crippen molar-refractivity contribution in [2.45, 2.75) is 12.5 Å². The van der Waals surface area contributed by atoms with E-state index in [9.17, 15) is 9.90 Å². The van der Waals surface area contributed by atoms with Gasteiger partial charge in [-0.05, 0) is 6.42 Å². The van der Waals surface area contributed by atoms with E-state index in [1.165, 1.54) is 12.5 Å². The number of rotatable bonds is 1. The van der Waals surface area contributed by atoms with Gasteiger partial charge in [0.2, 0.25) is 0 Å². The summed E-state index contributed by atoms with van der Waals surface area (Å²) in [5.41, 5.74) is 0.439. The second-order valence-electron chi connectivity index (χ2n) is 3.11. The number of nitrogens with zero attached hydrogens (tertiary/aromatic N) is 2. The van der Waals surface area contributed by atoms with Gasteiger partial charge in [0.1, 0.15) is 6.26 Å². The lowest BCUT2D eigenvalue weighted by Crippen LogP contribution is -2.29. The summed E-state index contributed by atoms with van der Waals surface area (Å²) in [6.07, 6.45) is 2.96. The zero-order valence-corrected chi connectivity index (χ0v) is 7.01. The van der Waals surface area contributed by atoms with E-state index in [0.29, 0.717) is 25.1 Å². The van der Waals surface area contributed by atoms with Crippen LogP contribution >= 0.6 is 0 Å². The zero-order valence-electron chi connectivity index (χ0n) is 7.01. The number of β-amino-alcohol motifs (C(OH)–C–C–N with tert-alkyl or cyclic N) is 1. The van der Waals surface area contributed by atoms with Crippen molar-refractivity contribution >= 4 is 5.91 Å². The molecule has 1 saturated heterocycles. The first-order valence-electron chi connectivity index (χ1n) is 4.14. The smallest absolute Gasteiger partial charge is 0.258 e. The standard InChI is InChI=1S/C8H10N2O3/c11-7-1-2-10(4-7)8(12)6-3-9-13-5-6/h3,5,7,11H,1-2,4H2/t7-/m0/s1. The van der Waals surface area contributed by atoms with Crippen LogP contribution in [0.2, 0.25) is 0 Å². The van der Waals surface area contributed by atoms with Crippen LogP contribution in [0.3, 0.4) is 0 Å². The highest BCUT2D eigenvalue weighted by atomic mass is 16.5. The van der Waals surface area contributed by atoms with Gasteiger partial charge in [-0.15, -0.1) is 0 Å². The van der Waals surface area contributed by atoms with Gasteiger partial charge in [0.15, 0.2) is 0 Å². The van der Waals surface area contributed by atoms with E-state index in [1.807, 2.05) is 0 Å². The minimum Gasteiger partial charge on any atom is -0.391 e. The summed E-state index contributed by atoms with van der Waals surface area (Å²) < 4.78 is 4.56. The van der Waals surface area contributed by atoms with Crippen molar-refractivity contribution in [3.63, 3.8) is 0 Å². The van der Waals surface area contributed by atoms with Crippen LogP contribution in [-0.2, 0) is 0 Å². The third-order valence-corrected chi connectivity index (χ3v) is 2.13. The maximum absolute atomic E-state index is 11.6. The molecule has 2 rings (SSSR count). The average molecular weight is 182 g/mol. The van der Waals surface area contributed by atoms with Gasteiger partial charge >= 0.3 is 0 Å². The summed E-state index contributed by atoms with van der Waals surface area (Å²) in [6.45, 7) is 1.01. The first kappa shape index (κ1) is 8.25. The van der Waals surface area contributed by atoms with Gasteiger partial charge in [0.25, 0.3) is 5.91 Å². The van der Waals surface area contributed by atoms with Crippen molar-refractivity contribution in [1.29, 1.82) is 0 Å². The van der Waals surface area contributed by atoms with Gasteiger partial charge < -0.3 is 14.5 Å². The molecule has 0 bridgehead atoms. The van der Waals surface area contributed by atoms with Crippen LogP contribution in [0.15, 0.2) is 17.0 Å². The molecule has 13 heavy (non-hydrogen) atoms. The van der Waals surface area contributed by atoms with Crippen molar-refractivity contribution in [3.05, 3.63) is 18.0 Å². The Morgan fingerprint density at radius 1 is 1.77 bits per heavy atom. The molecule has 0 aliphatic carbocycles. The zero-order chi connectivity index (χ0) is 9.26. The normalized spacial score (nSPS) is 22.2. The van der Waals surface area contributed by atoms with E-state index in [4.69, 9.17) is 0 Å². The lowest BCUT2D eigenvalue weighted by Gasteiger charge is -2.13. The van der Waals surface area contributed by atoms with Crippen LogP contribution in [0, 0.1) is 0 Å². The lowest BCUT2D eigenvalue weighted by molar-refractivity contribution is 0.0764. The fourth-order valence-electron chi connectivity index (χ4n) is 1.42. The Kier molecular flexibility index (Phi) is 2.02. The van der Waals surface area contributed by atoms with Gasteiger partial charge in [-0.3, -0.25) is 4.79 Å². The van der Waals surface area contributed by atoms with Crippen molar-refractivity contribution in [2.75, 3.05) is 13.1 Å². The Bertz CT molecular complexity index is 296. The number of likely N-dealkylation sites (tertiary alicyclic amines) is 1. The molecule has 0 saturated carbocycles. The summed E-state index contributed by atoms with van der Waals surface area (Å²) >= 11 is 0. The average Bonchev–Trinajstić information content (AvgIpc) is 2.72. The van der Waals surface area contributed by atoms with Gasteiger partial charge in [-0.25, -0.2) is 0 Å². The quantitative estimate of drug-likeness (QED) is 0.657. The molecule has 1 aliphatic heterocycles. The number of aromatic nitrogens is 1. The van der Waals surface area contributed by atoms with E-state index in [-0.39, 0.29) is 12.0 Å². The summed E-state index contributed by atoms with van der Waals surface area (Å²) in [5, 5.41) is 12.7. The summed E-state index contributed by atoms with van der Waals surface area (Å²) in [5.74, 6) is -0.127. The van der Waals surface area contributed by atoms with Crippen molar-refractivity contribution in [3.8, 4) is 0 Å². The maximum atomic E-state index is 11.6. The molecule has 0 radical (unpaired) electrons. The predicted molar refractivity (Wildman–Crippen MR) is 43.0 cm³/mol. The topological polar surface area (TPSA) is 66.6 Å². The fraction of sp³-hybridized carbons (Fsp3) is 0.500. The highest BCUT2D eigenvalue weighted by molar-refractivity contribution is 5.93. The minimum atomic E-state index is -0.385. The minimum absolute atomic E-state index is 0.127. The van der Waals surface area contributed by atoms with E-state index < -0.39 is 0 Å². The molecule has 1 aromatic heterocycles. The molecule has 0 aromatic carbocycles. The third-order valence-electron chi connectivity index (χ3n) is 2.13. The Morgan fingerprint density at radius 2 is 2.62 bits per heavy atom. The number of aliphatic hydroxyl groups is 1. The molecule has 0 spiro atoms. The first-order valence-corrected chi connectivity index (χ1v) is 4.14. The highest BCUT2D eigenvalue weighted by Crippen LogP contribution is 2.12. The number of carbonyl (C=O) groups is 1. The van der Waals surface area contributed by atoms with Crippen LogP contribution in [0.25, 0.3) is 0 Å². The van der Waals surface area contributed by atoms with Crippen LogP contribution in [0.5, 0.6) is 0 Å². The molecular formula is C8H10N2O3. The highest BCUT2D eigenvalue weighted by Gasteiger charge is 2.25. The largest absolute Gasteiger partial charge is 0.391 e. The van der Waals surface area contributed by atoms with Crippen LogP contribution in [0.1, 0.15) is 16.8 Å². The molecule has 1 aromatic rings. The van der Waals surface area contributed by atoms with E-state index in [2.05, 4.69) is 9.68 Å². The van der Waals surface area contributed by atoms with Crippen LogP contribution in [0.4, 0.5) is 0 Å². The molecule has 1 N–H and O–H groups in total. The molecule has 5 nitrogen and oxygen atoms in total. The summed E-state index contributed by atoms with van der Waals surface area (Å²) in [7, 11) is 0. The maximum Gasteiger partial charge on any atom is 0.258 e. The van der Waals surface area contributed by atoms with Crippen molar-refractivity contribution < 1.29 is 14.4 Å². The lowest BCUT2D eigenvalue weighted by atomic mass is 10.3. The Hall–Kier alpha value is -1.36. The molecular weight excluding hydrogens is 172 g/mol. The number of hydrogen-bond donors (Lipinski definition) is 1. The molecule has 0 unspecified atom stereocenters. The Balaban J connectivity index is 2.06. The van der Waals surface area contributed by atoms with Crippen molar-refractivity contribution in [2.24, 2.45) is 0 Å². The molecule has 70 valence electrons. The second kappa shape index (κ2) is 3.18. The van der Waals surface area contributed by atoms with Gasteiger partial charge in [0, 0.05) is 13.1 Å². The Morgan fingerprint density at radius 3 is 3.15 bits per heavy atom. The third kappa shape index (κ3) is 1.55.